The Hall–Kier alpha value is -2.77. The van der Waals surface area contributed by atoms with Gasteiger partial charge in [-0.2, -0.15) is 4.98 Å². The summed E-state index contributed by atoms with van der Waals surface area (Å²) in [5.41, 5.74) is 0.712. The number of amides is 2. The fourth-order valence-corrected chi connectivity index (χ4v) is 3.22. The summed E-state index contributed by atoms with van der Waals surface area (Å²) in [7, 11) is 1.69. The zero-order valence-corrected chi connectivity index (χ0v) is 15.5. The van der Waals surface area contributed by atoms with E-state index in [4.69, 9.17) is 4.52 Å². The molecule has 0 aliphatic carbocycles. The maximum atomic E-state index is 13.4. The lowest BCUT2D eigenvalue weighted by atomic mass is 9.95. The third-order valence-electron chi connectivity index (χ3n) is 4.68. The van der Waals surface area contributed by atoms with Gasteiger partial charge in [0.1, 0.15) is 5.82 Å². The average Bonchev–Trinajstić information content (AvgIpc) is 3.10. The van der Waals surface area contributed by atoms with E-state index in [1.807, 2.05) is 6.92 Å². The third-order valence-corrected chi connectivity index (χ3v) is 4.68. The molecule has 1 aliphatic rings. The number of hydrogen-bond acceptors (Lipinski definition) is 5. The predicted octanol–water partition coefficient (Wildman–Crippen LogP) is 2.17. The Balaban J connectivity index is 1.61. The highest BCUT2D eigenvalue weighted by Gasteiger charge is 2.32. The normalized spacial score (nSPS) is 17.2. The van der Waals surface area contributed by atoms with E-state index in [0.717, 1.165) is 0 Å². The van der Waals surface area contributed by atoms with E-state index in [9.17, 15) is 14.0 Å². The zero-order valence-electron chi connectivity index (χ0n) is 15.5. The standard InChI is InChI=1S/C19H23FN4O3/c1-3-17-21-16(22-27-17)12-23(2)19(26)14-7-8-18(25)24(11-14)10-13-5-4-6-15(20)9-13/h4-6,9,14H,3,7-8,10-12H2,1-2H3/t14-/m1/s1. The van der Waals surface area contributed by atoms with Crippen LogP contribution >= 0.6 is 0 Å². The Kier molecular flexibility index (Phi) is 5.83. The molecule has 27 heavy (non-hydrogen) atoms. The summed E-state index contributed by atoms with van der Waals surface area (Å²) in [4.78, 5) is 32.4. The van der Waals surface area contributed by atoms with Crippen LogP contribution in [0.3, 0.4) is 0 Å². The molecule has 0 N–H and O–H groups in total. The molecule has 7 nitrogen and oxygen atoms in total. The molecule has 3 rings (SSSR count). The molecule has 1 aromatic heterocycles. The van der Waals surface area contributed by atoms with E-state index in [-0.39, 0.29) is 30.1 Å². The largest absolute Gasteiger partial charge is 0.339 e. The van der Waals surface area contributed by atoms with Gasteiger partial charge in [0.2, 0.25) is 17.7 Å². The van der Waals surface area contributed by atoms with Crippen LogP contribution in [0.25, 0.3) is 0 Å². The molecule has 1 atom stereocenters. The van der Waals surface area contributed by atoms with Gasteiger partial charge >= 0.3 is 0 Å². The van der Waals surface area contributed by atoms with Crippen molar-refractivity contribution in [3.8, 4) is 0 Å². The Morgan fingerprint density at radius 1 is 1.44 bits per heavy atom. The van der Waals surface area contributed by atoms with E-state index >= 15 is 0 Å². The molecule has 0 radical (unpaired) electrons. The van der Waals surface area contributed by atoms with Gasteiger partial charge in [-0.05, 0) is 24.1 Å². The van der Waals surface area contributed by atoms with Gasteiger partial charge in [-0.3, -0.25) is 9.59 Å². The molecular formula is C19H23FN4O3. The van der Waals surface area contributed by atoms with Crippen LogP contribution in [0.5, 0.6) is 0 Å². The maximum Gasteiger partial charge on any atom is 0.227 e. The molecule has 1 saturated heterocycles. The van der Waals surface area contributed by atoms with Gasteiger partial charge in [-0.25, -0.2) is 4.39 Å². The fourth-order valence-electron chi connectivity index (χ4n) is 3.22. The molecule has 8 heteroatoms. The van der Waals surface area contributed by atoms with Crippen LogP contribution in [0.2, 0.25) is 0 Å². The second-order valence-electron chi connectivity index (χ2n) is 6.79. The van der Waals surface area contributed by atoms with Gasteiger partial charge in [-0.1, -0.05) is 24.2 Å². The minimum Gasteiger partial charge on any atom is -0.339 e. The van der Waals surface area contributed by atoms with Gasteiger partial charge in [-0.15, -0.1) is 0 Å². The van der Waals surface area contributed by atoms with Crippen molar-refractivity contribution in [2.45, 2.75) is 39.3 Å². The highest BCUT2D eigenvalue weighted by Crippen LogP contribution is 2.22. The summed E-state index contributed by atoms with van der Waals surface area (Å²) in [5.74, 6) is 0.294. The van der Waals surface area contributed by atoms with Gasteiger partial charge in [0.05, 0.1) is 12.5 Å². The van der Waals surface area contributed by atoms with E-state index in [1.165, 1.54) is 12.1 Å². The first-order valence-electron chi connectivity index (χ1n) is 9.05. The molecule has 144 valence electrons. The average molecular weight is 374 g/mol. The number of rotatable bonds is 6. The monoisotopic (exact) mass is 374 g/mol. The number of likely N-dealkylation sites (tertiary alicyclic amines) is 1. The second-order valence-corrected chi connectivity index (χ2v) is 6.79. The number of nitrogens with zero attached hydrogens (tertiary/aromatic N) is 4. The van der Waals surface area contributed by atoms with E-state index in [2.05, 4.69) is 10.1 Å². The third kappa shape index (κ3) is 4.69. The van der Waals surface area contributed by atoms with Crippen LogP contribution in [0, 0.1) is 11.7 Å². The Bertz CT molecular complexity index is 823. The number of benzene rings is 1. The van der Waals surface area contributed by atoms with E-state index < -0.39 is 0 Å². The summed E-state index contributed by atoms with van der Waals surface area (Å²) in [6, 6.07) is 6.16. The molecule has 0 unspecified atom stereocenters. The number of carbonyl (C=O) groups excluding carboxylic acids is 2. The number of aromatic nitrogens is 2. The Morgan fingerprint density at radius 3 is 2.96 bits per heavy atom. The van der Waals surface area contributed by atoms with E-state index in [0.29, 0.717) is 49.6 Å². The summed E-state index contributed by atoms with van der Waals surface area (Å²) in [6.07, 6.45) is 1.46. The second kappa shape index (κ2) is 8.28. The van der Waals surface area contributed by atoms with Crippen molar-refractivity contribution in [2.24, 2.45) is 5.92 Å². The molecule has 2 amide bonds. The van der Waals surface area contributed by atoms with Crippen molar-refractivity contribution in [3.05, 3.63) is 47.4 Å². The quantitative estimate of drug-likeness (QED) is 0.774. The molecule has 2 aromatic rings. The summed E-state index contributed by atoms with van der Waals surface area (Å²) in [6.45, 7) is 2.80. The van der Waals surface area contributed by atoms with Crippen LogP contribution in [-0.4, -0.2) is 45.3 Å². The Morgan fingerprint density at radius 2 is 2.26 bits per heavy atom. The van der Waals surface area contributed by atoms with Gasteiger partial charge < -0.3 is 14.3 Å². The molecular weight excluding hydrogens is 351 g/mol. The maximum absolute atomic E-state index is 13.4. The predicted molar refractivity (Wildman–Crippen MR) is 94.7 cm³/mol. The first kappa shape index (κ1) is 19.0. The molecule has 0 bridgehead atoms. The smallest absolute Gasteiger partial charge is 0.227 e. The van der Waals surface area contributed by atoms with Crippen LogP contribution in [0.4, 0.5) is 4.39 Å². The van der Waals surface area contributed by atoms with Gasteiger partial charge in [0.15, 0.2) is 5.82 Å². The summed E-state index contributed by atoms with van der Waals surface area (Å²) < 4.78 is 18.4. The van der Waals surface area contributed by atoms with Crippen molar-refractivity contribution < 1.29 is 18.5 Å². The lowest BCUT2D eigenvalue weighted by Gasteiger charge is -2.33. The van der Waals surface area contributed by atoms with E-state index in [1.54, 1.807) is 29.0 Å². The highest BCUT2D eigenvalue weighted by atomic mass is 19.1. The minimum absolute atomic E-state index is 0.0169. The lowest BCUT2D eigenvalue weighted by molar-refractivity contribution is -0.143. The molecule has 1 aliphatic heterocycles. The van der Waals surface area contributed by atoms with Crippen LogP contribution < -0.4 is 0 Å². The molecule has 1 aromatic carbocycles. The summed E-state index contributed by atoms with van der Waals surface area (Å²) in [5, 5.41) is 3.87. The molecule has 2 heterocycles. The first-order chi connectivity index (χ1) is 13.0. The van der Waals surface area contributed by atoms with Crippen LogP contribution in [0.15, 0.2) is 28.8 Å². The van der Waals surface area contributed by atoms with Crippen LogP contribution in [-0.2, 0) is 29.1 Å². The number of carbonyl (C=O) groups is 2. The number of aryl methyl sites for hydroxylation is 1. The van der Waals surface area contributed by atoms with Crippen LogP contribution in [0.1, 0.15) is 37.0 Å². The van der Waals surface area contributed by atoms with Crippen molar-refractivity contribution in [2.75, 3.05) is 13.6 Å². The topological polar surface area (TPSA) is 79.5 Å². The molecule has 0 spiro atoms. The minimum atomic E-state index is -0.337. The summed E-state index contributed by atoms with van der Waals surface area (Å²) >= 11 is 0. The fraction of sp³-hybridized carbons (Fsp3) is 0.474. The SMILES string of the molecule is CCc1nc(CN(C)C(=O)[C@@H]2CCC(=O)N(Cc3cccc(F)c3)C2)no1. The zero-order chi connectivity index (χ0) is 19.4. The number of piperidine rings is 1. The van der Waals surface area contributed by atoms with Gasteiger partial charge in [0.25, 0.3) is 0 Å². The molecule has 0 saturated carbocycles. The van der Waals surface area contributed by atoms with Crippen molar-refractivity contribution in [1.29, 1.82) is 0 Å². The number of hydrogen-bond donors (Lipinski definition) is 0. The first-order valence-corrected chi connectivity index (χ1v) is 9.05. The highest BCUT2D eigenvalue weighted by molar-refractivity contribution is 5.83. The lowest BCUT2D eigenvalue weighted by Crippen LogP contribution is -2.45. The van der Waals surface area contributed by atoms with Crippen molar-refractivity contribution in [3.63, 3.8) is 0 Å². The van der Waals surface area contributed by atoms with Gasteiger partial charge in [0, 0.05) is 33.0 Å². The Labute approximate surface area is 157 Å². The van der Waals surface area contributed by atoms with Crippen molar-refractivity contribution >= 4 is 11.8 Å². The molecule has 1 fully saturated rings. The van der Waals surface area contributed by atoms with Crippen molar-refractivity contribution in [1.82, 2.24) is 19.9 Å². The number of halogens is 1.